The number of pyridine rings is 1. The van der Waals surface area contributed by atoms with Crippen LogP contribution in [0.5, 0.6) is 0 Å². The minimum absolute atomic E-state index is 0.0249. The summed E-state index contributed by atoms with van der Waals surface area (Å²) in [7, 11) is 1.79. The zero-order valence-electron chi connectivity index (χ0n) is 14.5. The topological polar surface area (TPSA) is 33.2 Å². The van der Waals surface area contributed by atoms with Crippen LogP contribution in [-0.2, 0) is 17.4 Å². The van der Waals surface area contributed by atoms with Crippen molar-refractivity contribution in [3.05, 3.63) is 58.9 Å². The smallest absolute Gasteiger partial charge is 0.313 e. The van der Waals surface area contributed by atoms with Gasteiger partial charge in [0.15, 0.2) is 0 Å². The number of anilines is 1. The standard InChI is InChI=1S/C18H20BF3N2O/c1-12-3-5-15(9-13(12)2)24(17(25)10-19)8-7-14-4-6-16(23-11-14)18(20,21)22/h3-6,9,11H,7-8,10,19H2,1-2H3. The molecule has 2 rings (SSSR count). The summed E-state index contributed by atoms with van der Waals surface area (Å²) in [4.78, 5) is 17.4. The predicted octanol–water partition coefficient (Wildman–Crippen LogP) is 3.34. The molecule has 0 saturated heterocycles. The van der Waals surface area contributed by atoms with Crippen LogP contribution in [0.3, 0.4) is 0 Å². The van der Waals surface area contributed by atoms with Gasteiger partial charge in [0.25, 0.3) is 0 Å². The van der Waals surface area contributed by atoms with E-state index in [0.29, 0.717) is 24.8 Å². The molecule has 0 spiro atoms. The number of aryl methyl sites for hydroxylation is 2. The van der Waals surface area contributed by atoms with Crippen LogP contribution in [0.4, 0.5) is 18.9 Å². The summed E-state index contributed by atoms with van der Waals surface area (Å²) < 4.78 is 37.7. The molecule has 25 heavy (non-hydrogen) atoms. The van der Waals surface area contributed by atoms with Crippen LogP contribution >= 0.6 is 0 Å². The molecule has 7 heteroatoms. The first kappa shape index (κ1) is 19.0. The van der Waals surface area contributed by atoms with E-state index in [9.17, 15) is 18.0 Å². The van der Waals surface area contributed by atoms with E-state index >= 15 is 0 Å². The Bertz CT molecular complexity index is 745. The minimum atomic E-state index is -4.44. The predicted molar refractivity (Wildman–Crippen MR) is 94.6 cm³/mol. The lowest BCUT2D eigenvalue weighted by Gasteiger charge is -2.23. The highest BCUT2D eigenvalue weighted by Crippen LogP contribution is 2.27. The van der Waals surface area contributed by atoms with Crippen molar-refractivity contribution in [2.75, 3.05) is 11.4 Å². The number of nitrogens with zero attached hydrogens (tertiary/aromatic N) is 2. The van der Waals surface area contributed by atoms with Gasteiger partial charge in [0.1, 0.15) is 13.5 Å². The molecule has 0 aliphatic rings. The zero-order valence-corrected chi connectivity index (χ0v) is 14.5. The fourth-order valence-electron chi connectivity index (χ4n) is 2.46. The first-order valence-corrected chi connectivity index (χ1v) is 8.12. The second-order valence-electron chi connectivity index (χ2n) is 5.97. The second kappa shape index (κ2) is 7.72. The van der Waals surface area contributed by atoms with Gasteiger partial charge in [-0.3, -0.25) is 9.78 Å². The molecule has 1 heterocycles. The van der Waals surface area contributed by atoms with Crippen LogP contribution in [0.1, 0.15) is 22.4 Å². The Hall–Kier alpha value is -2.31. The molecule has 0 saturated carbocycles. The maximum absolute atomic E-state index is 12.6. The lowest BCUT2D eigenvalue weighted by Crippen LogP contribution is -2.32. The molecule has 1 amide bonds. The molecule has 3 nitrogen and oxygen atoms in total. The number of alkyl halides is 3. The van der Waals surface area contributed by atoms with Crippen LogP contribution in [0.25, 0.3) is 0 Å². The molecule has 2 aromatic rings. The Kier molecular flexibility index (Phi) is 5.87. The Labute approximate surface area is 146 Å². The maximum Gasteiger partial charge on any atom is 0.433 e. The summed E-state index contributed by atoms with van der Waals surface area (Å²) in [5.74, 6) is -0.0249. The molecule has 0 unspecified atom stereocenters. The number of amides is 1. The largest absolute Gasteiger partial charge is 0.433 e. The first-order valence-electron chi connectivity index (χ1n) is 8.12. The molecule has 0 aliphatic heterocycles. The molecular formula is C18H20BF3N2O. The summed E-state index contributed by atoms with van der Waals surface area (Å²) in [6.07, 6.45) is -2.43. The van der Waals surface area contributed by atoms with Crippen molar-refractivity contribution < 1.29 is 18.0 Å². The van der Waals surface area contributed by atoms with E-state index in [1.54, 1.807) is 12.7 Å². The Morgan fingerprint density at radius 2 is 1.88 bits per heavy atom. The van der Waals surface area contributed by atoms with E-state index in [-0.39, 0.29) is 5.91 Å². The van der Waals surface area contributed by atoms with Crippen LogP contribution in [-0.4, -0.2) is 25.3 Å². The van der Waals surface area contributed by atoms with Gasteiger partial charge in [0, 0.05) is 18.4 Å². The van der Waals surface area contributed by atoms with E-state index in [1.807, 2.05) is 32.0 Å². The third-order valence-electron chi connectivity index (χ3n) is 4.14. The fraction of sp³-hybridized carbons (Fsp3) is 0.333. The SMILES string of the molecule is BCC(=O)N(CCc1ccc(C(F)(F)F)nc1)c1ccc(C)c(C)c1. The molecule has 0 fully saturated rings. The number of hydrogen-bond donors (Lipinski definition) is 0. The monoisotopic (exact) mass is 348 g/mol. The average molecular weight is 348 g/mol. The Balaban J connectivity index is 2.15. The number of aromatic nitrogens is 1. The summed E-state index contributed by atoms with van der Waals surface area (Å²) in [6.45, 7) is 4.37. The highest BCUT2D eigenvalue weighted by Gasteiger charge is 2.32. The molecular weight excluding hydrogens is 328 g/mol. The van der Waals surface area contributed by atoms with Crippen molar-refractivity contribution in [2.24, 2.45) is 0 Å². The van der Waals surface area contributed by atoms with E-state index in [0.717, 1.165) is 22.9 Å². The van der Waals surface area contributed by atoms with Crippen molar-refractivity contribution in [3.63, 3.8) is 0 Å². The van der Waals surface area contributed by atoms with Gasteiger partial charge in [-0.25, -0.2) is 0 Å². The molecule has 0 radical (unpaired) electrons. The van der Waals surface area contributed by atoms with Crippen LogP contribution < -0.4 is 4.90 Å². The zero-order chi connectivity index (χ0) is 18.6. The van der Waals surface area contributed by atoms with Gasteiger partial charge in [-0.1, -0.05) is 12.1 Å². The van der Waals surface area contributed by atoms with Crippen LogP contribution in [0.2, 0.25) is 6.32 Å². The van der Waals surface area contributed by atoms with Crippen molar-refractivity contribution in [1.82, 2.24) is 4.98 Å². The number of halogens is 3. The number of hydrogen-bond acceptors (Lipinski definition) is 2. The number of carbonyl (C=O) groups excluding carboxylic acids is 1. The lowest BCUT2D eigenvalue weighted by atomic mass is 10.0. The van der Waals surface area contributed by atoms with Crippen molar-refractivity contribution >= 4 is 19.4 Å². The molecule has 0 aliphatic carbocycles. The van der Waals surface area contributed by atoms with E-state index in [1.165, 1.54) is 12.3 Å². The van der Waals surface area contributed by atoms with E-state index < -0.39 is 11.9 Å². The molecule has 0 bridgehead atoms. The van der Waals surface area contributed by atoms with Crippen molar-refractivity contribution in [3.8, 4) is 0 Å². The van der Waals surface area contributed by atoms with Crippen molar-refractivity contribution in [1.29, 1.82) is 0 Å². The molecule has 1 aromatic heterocycles. The van der Waals surface area contributed by atoms with Gasteiger partial charge in [-0.15, -0.1) is 0 Å². The third kappa shape index (κ3) is 4.84. The quantitative estimate of drug-likeness (QED) is 0.777. The molecule has 0 atom stereocenters. The molecule has 0 N–H and O–H groups in total. The van der Waals surface area contributed by atoms with Gasteiger partial charge in [0.2, 0.25) is 5.91 Å². The Morgan fingerprint density at radius 3 is 2.40 bits per heavy atom. The van der Waals surface area contributed by atoms with E-state index in [2.05, 4.69) is 4.98 Å². The normalized spacial score (nSPS) is 11.4. The van der Waals surface area contributed by atoms with Crippen molar-refractivity contribution in [2.45, 2.75) is 32.8 Å². The molecule has 132 valence electrons. The summed E-state index contributed by atoms with van der Waals surface area (Å²) in [5.41, 5.74) is 2.77. The number of carbonyl (C=O) groups is 1. The van der Waals surface area contributed by atoms with Crippen LogP contribution in [0, 0.1) is 13.8 Å². The third-order valence-corrected chi connectivity index (χ3v) is 4.14. The maximum atomic E-state index is 12.6. The van der Waals surface area contributed by atoms with Crippen LogP contribution in [0.15, 0.2) is 36.5 Å². The number of benzene rings is 1. The van der Waals surface area contributed by atoms with E-state index in [4.69, 9.17) is 0 Å². The number of rotatable bonds is 5. The second-order valence-corrected chi connectivity index (χ2v) is 5.97. The molecule has 1 aromatic carbocycles. The first-order chi connectivity index (χ1) is 11.7. The van der Waals surface area contributed by atoms with Gasteiger partial charge in [-0.05, 0) is 61.5 Å². The summed E-state index contributed by atoms with van der Waals surface area (Å²) in [5, 5.41) is 0. The highest BCUT2D eigenvalue weighted by atomic mass is 19.4. The summed E-state index contributed by atoms with van der Waals surface area (Å²) in [6, 6.07) is 8.18. The minimum Gasteiger partial charge on any atom is -0.313 e. The van der Waals surface area contributed by atoms with Gasteiger partial charge < -0.3 is 4.90 Å². The van der Waals surface area contributed by atoms with Gasteiger partial charge in [0.05, 0.1) is 0 Å². The van der Waals surface area contributed by atoms with Gasteiger partial charge in [-0.2, -0.15) is 13.2 Å². The Morgan fingerprint density at radius 1 is 1.16 bits per heavy atom. The van der Waals surface area contributed by atoms with Gasteiger partial charge >= 0.3 is 6.18 Å². The highest BCUT2D eigenvalue weighted by molar-refractivity contribution is 6.22. The fourth-order valence-corrected chi connectivity index (χ4v) is 2.46. The average Bonchev–Trinajstić information content (AvgIpc) is 2.57. The summed E-state index contributed by atoms with van der Waals surface area (Å²) >= 11 is 0. The lowest BCUT2D eigenvalue weighted by molar-refractivity contribution is -0.141.